The Morgan fingerprint density at radius 1 is 1.24 bits per heavy atom. The molecule has 1 aromatic carbocycles. The van der Waals surface area contributed by atoms with Crippen LogP contribution in [0, 0.1) is 0 Å². The molecule has 3 aromatic rings. The number of halogens is 3. The summed E-state index contributed by atoms with van der Waals surface area (Å²) in [6, 6.07) is 8.13. The number of carbonyl (C=O) groups is 2. The summed E-state index contributed by atoms with van der Waals surface area (Å²) in [7, 11) is 1.46. The van der Waals surface area contributed by atoms with E-state index < -0.39 is 23.6 Å². The number of amides is 2. The van der Waals surface area contributed by atoms with Crippen LogP contribution in [0.2, 0.25) is 0 Å². The van der Waals surface area contributed by atoms with E-state index in [4.69, 9.17) is 4.42 Å². The first-order valence-electron chi connectivity index (χ1n) is 8.42. The van der Waals surface area contributed by atoms with Gasteiger partial charge in [0, 0.05) is 24.5 Å². The molecule has 0 radical (unpaired) electrons. The number of likely N-dealkylation sites (N-methyl/N-ethyl adjacent to an activating group) is 1. The van der Waals surface area contributed by atoms with Crippen molar-refractivity contribution in [1.29, 1.82) is 0 Å². The van der Waals surface area contributed by atoms with Gasteiger partial charge >= 0.3 is 6.18 Å². The molecule has 0 aliphatic rings. The van der Waals surface area contributed by atoms with Gasteiger partial charge in [0.25, 0.3) is 5.91 Å². The van der Waals surface area contributed by atoms with E-state index in [0.717, 1.165) is 23.5 Å². The van der Waals surface area contributed by atoms with Gasteiger partial charge in [0.2, 0.25) is 5.91 Å². The molecule has 0 aliphatic heterocycles. The summed E-state index contributed by atoms with van der Waals surface area (Å²) in [6.07, 6.45) is -1.28. The zero-order valence-corrected chi connectivity index (χ0v) is 16.0. The minimum absolute atomic E-state index is 0.123. The lowest BCUT2D eigenvalue weighted by Gasteiger charge is -2.14. The molecule has 2 amide bonds. The van der Waals surface area contributed by atoms with Gasteiger partial charge in [0.15, 0.2) is 10.9 Å². The van der Waals surface area contributed by atoms with E-state index in [0.29, 0.717) is 15.6 Å². The SMILES string of the molecule is CN(CC(=O)Nc1ncc(Cc2cccc(C(F)(F)F)c2)s1)C(=O)c1ccco1. The molecule has 0 bridgehead atoms. The molecule has 3 rings (SSSR count). The van der Waals surface area contributed by atoms with Crippen LogP contribution in [0.1, 0.15) is 26.6 Å². The van der Waals surface area contributed by atoms with Crippen LogP contribution in [0.3, 0.4) is 0 Å². The Morgan fingerprint density at radius 2 is 2.03 bits per heavy atom. The summed E-state index contributed by atoms with van der Waals surface area (Å²) in [5.74, 6) is -0.764. The number of furan rings is 1. The van der Waals surface area contributed by atoms with Gasteiger partial charge in [-0.1, -0.05) is 18.2 Å². The Morgan fingerprint density at radius 3 is 2.72 bits per heavy atom. The van der Waals surface area contributed by atoms with Gasteiger partial charge in [-0.25, -0.2) is 4.98 Å². The van der Waals surface area contributed by atoms with Gasteiger partial charge in [-0.05, 0) is 23.8 Å². The Labute approximate surface area is 168 Å². The monoisotopic (exact) mass is 423 g/mol. The molecule has 0 fully saturated rings. The van der Waals surface area contributed by atoms with Crippen LogP contribution in [0.5, 0.6) is 0 Å². The van der Waals surface area contributed by atoms with Crippen molar-refractivity contribution in [2.24, 2.45) is 0 Å². The molecule has 0 saturated carbocycles. The fourth-order valence-corrected chi connectivity index (χ4v) is 3.40. The van der Waals surface area contributed by atoms with Crippen LogP contribution in [-0.2, 0) is 17.4 Å². The maximum absolute atomic E-state index is 12.8. The molecule has 2 aromatic heterocycles. The molecule has 2 heterocycles. The van der Waals surface area contributed by atoms with Gasteiger partial charge in [-0.3, -0.25) is 9.59 Å². The number of anilines is 1. The average molecular weight is 423 g/mol. The topological polar surface area (TPSA) is 75.4 Å². The first kappa shape index (κ1) is 20.6. The summed E-state index contributed by atoms with van der Waals surface area (Å²) in [5.41, 5.74) is -0.220. The molecule has 0 spiro atoms. The van der Waals surface area contributed by atoms with Gasteiger partial charge in [-0.15, -0.1) is 11.3 Å². The summed E-state index contributed by atoms with van der Waals surface area (Å²) in [4.78, 5) is 30.1. The Bertz CT molecular complexity index is 1000. The summed E-state index contributed by atoms with van der Waals surface area (Å²) >= 11 is 1.16. The standard InChI is InChI=1S/C19H16F3N3O3S/c1-25(17(27)15-6-3-7-28-15)11-16(26)24-18-23-10-14(29-18)9-12-4-2-5-13(8-12)19(20,21)22/h2-8,10H,9,11H2,1H3,(H,23,24,26). The van der Waals surface area contributed by atoms with Crippen molar-refractivity contribution in [3.05, 3.63) is 70.6 Å². The molecular formula is C19H16F3N3O3S. The van der Waals surface area contributed by atoms with E-state index in [2.05, 4.69) is 10.3 Å². The zero-order chi connectivity index (χ0) is 21.0. The number of aromatic nitrogens is 1. The normalized spacial score (nSPS) is 11.3. The molecule has 10 heteroatoms. The quantitative estimate of drug-likeness (QED) is 0.649. The third-order valence-corrected chi connectivity index (χ3v) is 4.80. The van der Waals surface area contributed by atoms with Gasteiger partial charge in [0.05, 0.1) is 11.8 Å². The van der Waals surface area contributed by atoms with Crippen molar-refractivity contribution in [2.45, 2.75) is 12.6 Å². The number of rotatable bonds is 6. The highest BCUT2D eigenvalue weighted by molar-refractivity contribution is 7.15. The second kappa shape index (κ2) is 8.48. The lowest BCUT2D eigenvalue weighted by atomic mass is 10.1. The molecule has 0 unspecified atom stereocenters. The zero-order valence-electron chi connectivity index (χ0n) is 15.2. The first-order valence-corrected chi connectivity index (χ1v) is 9.23. The van der Waals surface area contributed by atoms with Crippen molar-refractivity contribution in [3.8, 4) is 0 Å². The molecule has 1 N–H and O–H groups in total. The predicted molar refractivity (Wildman–Crippen MR) is 101 cm³/mol. The van der Waals surface area contributed by atoms with Crippen molar-refractivity contribution in [1.82, 2.24) is 9.88 Å². The Kier molecular flexibility index (Phi) is 6.02. The van der Waals surface area contributed by atoms with Crippen molar-refractivity contribution in [3.63, 3.8) is 0 Å². The number of carbonyl (C=O) groups excluding carboxylic acids is 2. The minimum Gasteiger partial charge on any atom is -0.459 e. The van der Waals surface area contributed by atoms with Crippen LogP contribution < -0.4 is 5.32 Å². The smallest absolute Gasteiger partial charge is 0.416 e. The number of benzene rings is 1. The lowest BCUT2D eigenvalue weighted by Crippen LogP contribution is -2.34. The molecule has 0 atom stereocenters. The number of nitrogens with zero attached hydrogens (tertiary/aromatic N) is 2. The largest absolute Gasteiger partial charge is 0.459 e. The number of alkyl halides is 3. The van der Waals surface area contributed by atoms with Crippen LogP contribution in [-0.4, -0.2) is 35.3 Å². The third kappa shape index (κ3) is 5.44. The Hall–Kier alpha value is -3.14. The third-order valence-electron chi connectivity index (χ3n) is 3.89. The molecule has 0 aliphatic carbocycles. The molecular weight excluding hydrogens is 407 g/mol. The molecule has 6 nitrogen and oxygen atoms in total. The average Bonchev–Trinajstić information content (AvgIpc) is 3.33. The fraction of sp³-hybridized carbons (Fsp3) is 0.211. The van der Waals surface area contributed by atoms with Gasteiger partial charge in [-0.2, -0.15) is 13.2 Å². The molecule has 152 valence electrons. The molecule has 0 saturated heterocycles. The van der Waals surface area contributed by atoms with E-state index in [1.165, 1.54) is 36.5 Å². The summed E-state index contributed by atoms with van der Waals surface area (Å²) in [5, 5.41) is 2.88. The maximum Gasteiger partial charge on any atom is 0.416 e. The second-order valence-corrected chi connectivity index (χ2v) is 7.31. The number of thiazole rings is 1. The number of hydrogen-bond acceptors (Lipinski definition) is 5. The first-order chi connectivity index (χ1) is 13.7. The summed E-state index contributed by atoms with van der Waals surface area (Å²) < 4.78 is 43.4. The van der Waals surface area contributed by atoms with Gasteiger partial charge in [0.1, 0.15) is 6.54 Å². The highest BCUT2D eigenvalue weighted by Gasteiger charge is 2.30. The highest BCUT2D eigenvalue weighted by atomic mass is 32.1. The van der Waals surface area contributed by atoms with Crippen LogP contribution in [0.4, 0.5) is 18.3 Å². The second-order valence-electron chi connectivity index (χ2n) is 6.19. The summed E-state index contributed by atoms with van der Waals surface area (Å²) in [6.45, 7) is -0.206. The van der Waals surface area contributed by atoms with Crippen molar-refractivity contribution < 1.29 is 27.2 Å². The lowest BCUT2D eigenvalue weighted by molar-refractivity contribution is -0.137. The van der Waals surface area contributed by atoms with Crippen molar-refractivity contribution in [2.75, 3.05) is 18.9 Å². The van der Waals surface area contributed by atoms with E-state index in [-0.39, 0.29) is 18.7 Å². The Balaban J connectivity index is 1.57. The number of nitrogens with one attached hydrogen (secondary N) is 1. The van der Waals surface area contributed by atoms with E-state index in [1.54, 1.807) is 12.1 Å². The van der Waals surface area contributed by atoms with Crippen LogP contribution in [0.15, 0.2) is 53.3 Å². The fourth-order valence-electron chi connectivity index (χ4n) is 2.54. The van der Waals surface area contributed by atoms with E-state index >= 15 is 0 Å². The number of hydrogen-bond donors (Lipinski definition) is 1. The van der Waals surface area contributed by atoms with Crippen LogP contribution in [0.25, 0.3) is 0 Å². The highest BCUT2D eigenvalue weighted by Crippen LogP contribution is 2.30. The van der Waals surface area contributed by atoms with E-state index in [1.807, 2.05) is 0 Å². The maximum atomic E-state index is 12.8. The van der Waals surface area contributed by atoms with E-state index in [9.17, 15) is 22.8 Å². The predicted octanol–water partition coefficient (Wildman–Crippen LogP) is 4.06. The molecule has 29 heavy (non-hydrogen) atoms. The van der Waals surface area contributed by atoms with Crippen LogP contribution >= 0.6 is 11.3 Å². The van der Waals surface area contributed by atoms with Crippen molar-refractivity contribution >= 4 is 28.3 Å². The minimum atomic E-state index is -4.40. The van der Waals surface area contributed by atoms with Gasteiger partial charge < -0.3 is 14.6 Å².